The van der Waals surface area contributed by atoms with Gasteiger partial charge in [0.15, 0.2) is 0 Å². The van der Waals surface area contributed by atoms with Gasteiger partial charge in [-0.15, -0.1) is 0 Å². The molecule has 1 amide bonds. The molecule has 7 nitrogen and oxygen atoms in total. The third-order valence-electron chi connectivity index (χ3n) is 7.87. The Morgan fingerprint density at radius 2 is 1.57 bits per heavy atom. The number of carbonyl (C=O) groups is 1. The van der Waals surface area contributed by atoms with E-state index in [4.69, 9.17) is 5.21 Å². The first-order valence-electron chi connectivity index (χ1n) is 12.3. The highest BCUT2D eigenvalue weighted by molar-refractivity contribution is 6.08. The molecule has 0 atom stereocenters. The smallest absolute Gasteiger partial charge is 0.277 e. The lowest BCUT2D eigenvalue weighted by molar-refractivity contribution is 0.0705. The summed E-state index contributed by atoms with van der Waals surface area (Å²) in [5.74, 6) is 0.0474. The van der Waals surface area contributed by atoms with E-state index < -0.39 is 5.91 Å². The Labute approximate surface area is 204 Å². The van der Waals surface area contributed by atoms with Crippen LogP contribution in [-0.4, -0.2) is 52.2 Å². The third-order valence-corrected chi connectivity index (χ3v) is 7.87. The van der Waals surface area contributed by atoms with E-state index >= 15 is 0 Å². The number of piperidine rings is 1. The number of hydroxylamine groups is 1. The molecule has 0 saturated carbocycles. The highest BCUT2D eigenvalue weighted by Gasteiger charge is 2.41. The van der Waals surface area contributed by atoms with Crippen LogP contribution in [0.25, 0.3) is 21.5 Å². The van der Waals surface area contributed by atoms with Crippen molar-refractivity contribution >= 4 is 33.4 Å². The second-order valence-electron chi connectivity index (χ2n) is 9.96. The molecule has 3 heterocycles. The van der Waals surface area contributed by atoms with Crippen LogP contribution in [0.1, 0.15) is 35.2 Å². The van der Waals surface area contributed by atoms with Gasteiger partial charge in [-0.2, -0.15) is 0 Å². The second-order valence-corrected chi connectivity index (χ2v) is 9.96. The molecule has 2 aliphatic heterocycles. The highest BCUT2D eigenvalue weighted by Crippen LogP contribution is 2.42. The fraction of sp³-hybridized carbons (Fsp3) is 0.321. The van der Waals surface area contributed by atoms with Gasteiger partial charge in [0, 0.05) is 38.6 Å². The molecule has 2 aliphatic rings. The first-order chi connectivity index (χ1) is 17.1. The van der Waals surface area contributed by atoms with Crippen LogP contribution in [0.15, 0.2) is 67.0 Å². The van der Waals surface area contributed by atoms with E-state index in [0.29, 0.717) is 11.4 Å². The van der Waals surface area contributed by atoms with Crippen molar-refractivity contribution < 1.29 is 10.0 Å². The molecule has 0 radical (unpaired) electrons. The van der Waals surface area contributed by atoms with Crippen molar-refractivity contribution in [1.82, 2.24) is 20.3 Å². The molecule has 4 aromatic rings. The topological polar surface area (TPSA) is 81.6 Å². The maximum Gasteiger partial charge on any atom is 0.277 e. The van der Waals surface area contributed by atoms with Crippen molar-refractivity contribution in [3.8, 4) is 0 Å². The Morgan fingerprint density at radius 3 is 2.31 bits per heavy atom. The van der Waals surface area contributed by atoms with Gasteiger partial charge in [-0.05, 0) is 64.4 Å². The van der Waals surface area contributed by atoms with E-state index in [2.05, 4.69) is 74.4 Å². The van der Waals surface area contributed by atoms with Crippen molar-refractivity contribution in [3.05, 3.63) is 78.1 Å². The van der Waals surface area contributed by atoms with Gasteiger partial charge in [0.25, 0.3) is 5.91 Å². The van der Waals surface area contributed by atoms with Crippen LogP contribution >= 0.6 is 0 Å². The molecule has 1 aromatic heterocycles. The summed E-state index contributed by atoms with van der Waals surface area (Å²) in [5.41, 5.74) is 3.62. The number of likely N-dealkylation sites (tertiary alicyclic amines) is 1. The SMILES string of the molecule is O=C(NO)c1cnc(N2CCC3(CCN(Cc4cc5ccccc5c5ccccc45)C3)CC2)nc1. The minimum atomic E-state index is -0.598. The standard InChI is InChI=1S/C28H29N5O2/c34-26(31-35)22-16-29-27(30-17-22)33-13-10-28(11-14-33)9-12-32(19-28)18-21-15-20-5-1-2-6-23(20)25-8-4-3-7-24(21)25/h1-8,15-17,35H,9-14,18-19H2,(H,31,34). The summed E-state index contributed by atoms with van der Waals surface area (Å²) in [6.45, 7) is 5.06. The van der Waals surface area contributed by atoms with Crippen LogP contribution in [-0.2, 0) is 6.54 Å². The zero-order chi connectivity index (χ0) is 23.8. The first-order valence-corrected chi connectivity index (χ1v) is 12.3. The van der Waals surface area contributed by atoms with Gasteiger partial charge in [-0.1, -0.05) is 48.5 Å². The molecule has 0 bridgehead atoms. The summed E-state index contributed by atoms with van der Waals surface area (Å²) in [6.07, 6.45) is 6.38. The number of carbonyl (C=O) groups excluding carboxylic acids is 1. The van der Waals surface area contributed by atoms with Gasteiger partial charge >= 0.3 is 0 Å². The lowest BCUT2D eigenvalue weighted by Gasteiger charge is -2.39. The predicted molar refractivity (Wildman–Crippen MR) is 137 cm³/mol. The van der Waals surface area contributed by atoms with Gasteiger partial charge in [0.05, 0.1) is 5.56 Å². The van der Waals surface area contributed by atoms with Crippen LogP contribution in [0.5, 0.6) is 0 Å². The van der Waals surface area contributed by atoms with Crippen LogP contribution < -0.4 is 10.4 Å². The normalized spacial score (nSPS) is 17.9. The third kappa shape index (κ3) is 4.11. The van der Waals surface area contributed by atoms with Crippen molar-refractivity contribution in [1.29, 1.82) is 0 Å². The first kappa shape index (κ1) is 21.9. The molecule has 0 unspecified atom stereocenters. The quantitative estimate of drug-likeness (QED) is 0.263. The zero-order valence-electron chi connectivity index (χ0n) is 19.7. The zero-order valence-corrected chi connectivity index (χ0v) is 19.7. The molecule has 6 rings (SSSR count). The molecule has 2 saturated heterocycles. The fourth-order valence-corrected chi connectivity index (χ4v) is 5.92. The number of amides is 1. The molecule has 2 fully saturated rings. The summed E-state index contributed by atoms with van der Waals surface area (Å²) >= 11 is 0. The number of nitrogens with one attached hydrogen (secondary N) is 1. The molecule has 0 aliphatic carbocycles. The average molecular weight is 468 g/mol. The summed E-state index contributed by atoms with van der Waals surface area (Å²) in [5, 5.41) is 14.1. The van der Waals surface area contributed by atoms with Gasteiger partial charge < -0.3 is 4.90 Å². The highest BCUT2D eigenvalue weighted by atomic mass is 16.5. The molecule has 7 heteroatoms. The number of hydrogen-bond donors (Lipinski definition) is 2. The van der Waals surface area contributed by atoms with Crippen LogP contribution in [0.2, 0.25) is 0 Å². The number of hydrogen-bond acceptors (Lipinski definition) is 6. The van der Waals surface area contributed by atoms with Crippen molar-refractivity contribution in [2.45, 2.75) is 25.8 Å². The number of nitrogens with zero attached hydrogens (tertiary/aromatic N) is 4. The molecule has 35 heavy (non-hydrogen) atoms. The van der Waals surface area contributed by atoms with Crippen molar-refractivity contribution in [2.24, 2.45) is 5.41 Å². The lowest BCUT2D eigenvalue weighted by atomic mass is 9.78. The average Bonchev–Trinajstić information content (AvgIpc) is 3.30. The maximum atomic E-state index is 11.5. The maximum absolute atomic E-state index is 11.5. The predicted octanol–water partition coefficient (Wildman–Crippen LogP) is 4.39. The Hall–Kier alpha value is -3.55. The number of aromatic nitrogens is 2. The molecule has 1 spiro atoms. The number of anilines is 1. The van der Waals surface area contributed by atoms with Gasteiger partial charge in [-0.25, -0.2) is 15.4 Å². The molecule has 2 N–H and O–H groups in total. The molecule has 3 aromatic carbocycles. The van der Waals surface area contributed by atoms with E-state index in [1.54, 1.807) is 5.48 Å². The number of benzene rings is 3. The van der Waals surface area contributed by atoms with E-state index in [1.807, 2.05) is 0 Å². The van der Waals surface area contributed by atoms with Gasteiger partial charge in [0.1, 0.15) is 0 Å². The largest absolute Gasteiger partial charge is 0.341 e. The Bertz CT molecular complexity index is 1380. The molecular weight excluding hydrogens is 438 g/mol. The minimum Gasteiger partial charge on any atom is -0.341 e. The molecular formula is C28H29N5O2. The summed E-state index contributed by atoms with van der Waals surface area (Å²) < 4.78 is 0. The van der Waals surface area contributed by atoms with Crippen LogP contribution in [0.3, 0.4) is 0 Å². The second kappa shape index (κ2) is 8.91. The Morgan fingerprint density at radius 1 is 0.914 bits per heavy atom. The fourth-order valence-electron chi connectivity index (χ4n) is 5.92. The summed E-state index contributed by atoms with van der Waals surface area (Å²) in [4.78, 5) is 25.0. The Kier molecular flexibility index (Phi) is 5.59. The minimum absolute atomic E-state index is 0.248. The van der Waals surface area contributed by atoms with Crippen LogP contribution in [0, 0.1) is 5.41 Å². The van der Waals surface area contributed by atoms with E-state index in [9.17, 15) is 4.79 Å². The number of fused-ring (bicyclic) bond motifs is 3. The summed E-state index contributed by atoms with van der Waals surface area (Å²) in [7, 11) is 0. The Balaban J connectivity index is 1.15. The van der Waals surface area contributed by atoms with Crippen molar-refractivity contribution in [2.75, 3.05) is 31.1 Å². The van der Waals surface area contributed by atoms with E-state index in [-0.39, 0.29) is 5.56 Å². The van der Waals surface area contributed by atoms with Gasteiger partial charge in [-0.3, -0.25) is 14.9 Å². The van der Waals surface area contributed by atoms with E-state index in [1.165, 1.54) is 45.9 Å². The monoisotopic (exact) mass is 467 g/mol. The lowest BCUT2D eigenvalue weighted by Crippen LogP contribution is -2.42. The molecule has 178 valence electrons. The number of rotatable bonds is 4. The van der Waals surface area contributed by atoms with Gasteiger partial charge in [0.2, 0.25) is 5.95 Å². The van der Waals surface area contributed by atoms with Crippen LogP contribution in [0.4, 0.5) is 5.95 Å². The summed E-state index contributed by atoms with van der Waals surface area (Å²) in [6, 6.07) is 19.8. The van der Waals surface area contributed by atoms with Crippen molar-refractivity contribution in [3.63, 3.8) is 0 Å². The van der Waals surface area contributed by atoms with E-state index in [0.717, 1.165) is 45.6 Å².